The highest BCUT2D eigenvalue weighted by atomic mass is 32.2. The van der Waals surface area contributed by atoms with Crippen molar-refractivity contribution in [3.63, 3.8) is 0 Å². The number of carbonyl (C=O) groups is 1. The maximum Gasteiger partial charge on any atom is 0.343 e. The fourth-order valence-corrected chi connectivity index (χ4v) is 5.35. The topological polar surface area (TPSA) is 111 Å². The van der Waals surface area contributed by atoms with Gasteiger partial charge in [0, 0.05) is 17.7 Å². The molecular weight excluding hydrogens is 499 g/mol. The number of sulfonamides is 1. The third-order valence-electron chi connectivity index (χ3n) is 6.05. The van der Waals surface area contributed by atoms with Gasteiger partial charge < -0.3 is 14.4 Å². The molecule has 0 amide bonds. The number of hydrogen-bond acceptors (Lipinski definition) is 8. The molecule has 0 atom stereocenters. The summed E-state index contributed by atoms with van der Waals surface area (Å²) < 4.78 is 54.2. The number of ether oxygens (including phenoxy) is 2. The summed E-state index contributed by atoms with van der Waals surface area (Å²) in [4.78, 5) is 14.8. The fourth-order valence-electron chi connectivity index (χ4n) is 4.09. The van der Waals surface area contributed by atoms with Crippen LogP contribution in [0.15, 0.2) is 53.6 Å². The van der Waals surface area contributed by atoms with E-state index in [4.69, 9.17) is 9.47 Å². The second-order valence-electron chi connectivity index (χ2n) is 8.21. The van der Waals surface area contributed by atoms with Gasteiger partial charge in [-0.3, -0.25) is 4.72 Å². The summed E-state index contributed by atoms with van der Waals surface area (Å²) >= 11 is 0. The summed E-state index contributed by atoms with van der Waals surface area (Å²) in [5.74, 6) is -1.18. The molecule has 0 saturated carbocycles. The minimum absolute atomic E-state index is 0.0292. The first-order valence-corrected chi connectivity index (χ1v) is 13.2. The van der Waals surface area contributed by atoms with Gasteiger partial charge in [0.05, 0.1) is 23.9 Å². The minimum atomic E-state index is -4.24. The second kappa shape index (κ2) is 11.1. The molecule has 37 heavy (non-hydrogen) atoms. The molecule has 1 aliphatic rings. The normalized spacial score (nSPS) is 12.7. The number of esters is 1. The summed E-state index contributed by atoms with van der Waals surface area (Å²) in [6.45, 7) is 6.32. The van der Waals surface area contributed by atoms with E-state index in [1.807, 2.05) is 13.8 Å². The summed E-state index contributed by atoms with van der Waals surface area (Å²) in [5.41, 5.74) is 1.94. The largest absolute Gasteiger partial charge is 0.486 e. The van der Waals surface area contributed by atoms with E-state index in [0.717, 1.165) is 30.8 Å². The van der Waals surface area contributed by atoms with Crippen molar-refractivity contribution in [1.82, 2.24) is 15.1 Å². The van der Waals surface area contributed by atoms with Crippen LogP contribution >= 0.6 is 0 Å². The van der Waals surface area contributed by atoms with Crippen LogP contribution in [-0.2, 0) is 21.4 Å². The highest BCUT2D eigenvalue weighted by molar-refractivity contribution is 7.92. The number of halogens is 1. The predicted molar refractivity (Wildman–Crippen MR) is 137 cm³/mol. The number of aromatic nitrogens is 2. The molecule has 1 aromatic heterocycles. The standard InChI is InChI=1S/C26H27FN4O5S/c1-4-31(5-2)14-6-7-17-15-18(27)8-11-23(17)37(33,34)30-21-10-9-20-19-12-13-28-29-22(19)16-36-25(20)24(21)26(32)35-3/h6-13,15,30H,4-5,14,16H2,1-3H3/b7-6-. The lowest BCUT2D eigenvalue weighted by atomic mass is 9.97. The van der Waals surface area contributed by atoms with Gasteiger partial charge in [0.2, 0.25) is 0 Å². The van der Waals surface area contributed by atoms with Crippen molar-refractivity contribution >= 4 is 27.8 Å². The monoisotopic (exact) mass is 526 g/mol. The van der Waals surface area contributed by atoms with Crippen molar-refractivity contribution in [2.45, 2.75) is 25.3 Å². The van der Waals surface area contributed by atoms with Crippen molar-refractivity contribution in [2.24, 2.45) is 0 Å². The Balaban J connectivity index is 1.75. The zero-order valence-electron chi connectivity index (χ0n) is 20.7. The second-order valence-corrected chi connectivity index (χ2v) is 9.86. The van der Waals surface area contributed by atoms with Crippen LogP contribution in [0.4, 0.5) is 10.1 Å². The number of likely N-dealkylation sites (N-methyl/N-ethyl adjacent to an activating group) is 1. The number of rotatable bonds is 9. The number of benzene rings is 2. The van der Waals surface area contributed by atoms with E-state index in [0.29, 0.717) is 17.8 Å². The Morgan fingerprint density at radius 1 is 1.19 bits per heavy atom. The van der Waals surface area contributed by atoms with Gasteiger partial charge in [0.25, 0.3) is 10.0 Å². The van der Waals surface area contributed by atoms with Crippen LogP contribution in [0.5, 0.6) is 5.75 Å². The first-order valence-electron chi connectivity index (χ1n) is 11.7. The Kier molecular flexibility index (Phi) is 7.84. The lowest BCUT2D eigenvalue weighted by Gasteiger charge is -2.23. The average molecular weight is 527 g/mol. The van der Waals surface area contributed by atoms with E-state index in [1.165, 1.54) is 25.4 Å². The number of fused-ring (bicyclic) bond motifs is 3. The Bertz CT molecular complexity index is 1460. The molecule has 0 unspecified atom stereocenters. The zero-order chi connectivity index (χ0) is 26.6. The molecule has 3 aromatic rings. The molecule has 0 aliphatic carbocycles. The number of hydrogen-bond donors (Lipinski definition) is 1. The molecule has 4 rings (SSSR count). The van der Waals surface area contributed by atoms with E-state index in [1.54, 1.807) is 24.3 Å². The third-order valence-corrected chi connectivity index (χ3v) is 7.49. The van der Waals surface area contributed by atoms with Crippen LogP contribution in [0.2, 0.25) is 0 Å². The van der Waals surface area contributed by atoms with Gasteiger partial charge in [-0.2, -0.15) is 10.2 Å². The molecule has 0 radical (unpaired) electrons. The van der Waals surface area contributed by atoms with Crippen molar-refractivity contribution in [3.8, 4) is 16.9 Å². The van der Waals surface area contributed by atoms with E-state index in [2.05, 4.69) is 19.8 Å². The summed E-state index contributed by atoms with van der Waals surface area (Å²) in [6, 6.07) is 8.25. The molecule has 2 aromatic carbocycles. The fraction of sp³-hybridized carbons (Fsp3) is 0.269. The van der Waals surface area contributed by atoms with Crippen LogP contribution in [0, 0.1) is 5.82 Å². The van der Waals surface area contributed by atoms with Gasteiger partial charge in [-0.15, -0.1) is 0 Å². The van der Waals surface area contributed by atoms with E-state index in [9.17, 15) is 17.6 Å². The number of anilines is 1. The van der Waals surface area contributed by atoms with Gasteiger partial charge in [-0.25, -0.2) is 17.6 Å². The molecule has 2 heterocycles. The van der Waals surface area contributed by atoms with Crippen molar-refractivity contribution in [2.75, 3.05) is 31.5 Å². The molecule has 0 spiro atoms. The quantitative estimate of drug-likeness (QED) is 0.415. The molecule has 1 N–H and O–H groups in total. The maximum absolute atomic E-state index is 14.1. The first-order chi connectivity index (χ1) is 17.8. The third kappa shape index (κ3) is 5.47. The van der Waals surface area contributed by atoms with Crippen LogP contribution in [-0.4, -0.2) is 56.2 Å². The lowest BCUT2D eigenvalue weighted by Crippen LogP contribution is -2.22. The molecule has 194 valence electrons. The number of carbonyl (C=O) groups excluding carboxylic acids is 1. The lowest BCUT2D eigenvalue weighted by molar-refractivity contribution is 0.0596. The van der Waals surface area contributed by atoms with Crippen LogP contribution in [0.25, 0.3) is 17.2 Å². The molecular formula is C26H27FN4O5S. The van der Waals surface area contributed by atoms with Gasteiger partial charge in [-0.1, -0.05) is 26.0 Å². The van der Waals surface area contributed by atoms with Gasteiger partial charge in [0.15, 0.2) is 0 Å². The van der Waals surface area contributed by atoms with Gasteiger partial charge in [-0.05, 0) is 55.1 Å². The number of methoxy groups -OCH3 is 1. The summed E-state index contributed by atoms with van der Waals surface area (Å²) in [6.07, 6.45) is 4.88. The first kappa shape index (κ1) is 26.2. The van der Waals surface area contributed by atoms with Crippen LogP contribution in [0.3, 0.4) is 0 Å². The predicted octanol–water partition coefficient (Wildman–Crippen LogP) is 4.12. The van der Waals surface area contributed by atoms with E-state index >= 15 is 0 Å². The molecule has 9 nitrogen and oxygen atoms in total. The molecule has 11 heteroatoms. The average Bonchev–Trinajstić information content (AvgIpc) is 2.90. The Morgan fingerprint density at radius 3 is 2.70 bits per heavy atom. The van der Waals surface area contributed by atoms with Crippen LogP contribution < -0.4 is 9.46 Å². The maximum atomic E-state index is 14.1. The number of nitrogens with one attached hydrogen (secondary N) is 1. The molecule has 0 bridgehead atoms. The summed E-state index contributed by atoms with van der Waals surface area (Å²) in [7, 11) is -3.05. The Hall–Kier alpha value is -3.83. The van der Waals surface area contributed by atoms with Crippen molar-refractivity contribution in [1.29, 1.82) is 0 Å². The molecule has 0 saturated heterocycles. The SMILES string of the molecule is CCN(CC)C/C=C\c1cc(F)ccc1S(=O)(=O)Nc1ccc2c(c1C(=O)OC)OCc1nnccc1-2. The smallest absolute Gasteiger partial charge is 0.343 e. The van der Waals surface area contributed by atoms with Crippen molar-refractivity contribution in [3.05, 3.63) is 71.3 Å². The molecule has 1 aliphatic heterocycles. The summed E-state index contributed by atoms with van der Waals surface area (Å²) in [5, 5.41) is 7.91. The number of nitrogens with zero attached hydrogens (tertiary/aromatic N) is 3. The van der Waals surface area contributed by atoms with Crippen LogP contribution in [0.1, 0.15) is 35.5 Å². The van der Waals surface area contributed by atoms with E-state index < -0.39 is 21.8 Å². The Labute approximate surface area is 215 Å². The Morgan fingerprint density at radius 2 is 1.97 bits per heavy atom. The van der Waals surface area contributed by atoms with E-state index in [-0.39, 0.29) is 34.1 Å². The molecule has 0 fully saturated rings. The minimum Gasteiger partial charge on any atom is -0.486 e. The zero-order valence-corrected chi connectivity index (χ0v) is 21.5. The highest BCUT2D eigenvalue weighted by Crippen LogP contribution is 2.42. The van der Waals surface area contributed by atoms with Gasteiger partial charge in [0.1, 0.15) is 29.4 Å². The van der Waals surface area contributed by atoms with Gasteiger partial charge >= 0.3 is 5.97 Å². The highest BCUT2D eigenvalue weighted by Gasteiger charge is 2.30. The van der Waals surface area contributed by atoms with Crippen molar-refractivity contribution < 1.29 is 27.1 Å².